The van der Waals surface area contributed by atoms with Crippen molar-refractivity contribution in [3.8, 4) is 17.1 Å². The lowest BCUT2D eigenvalue weighted by Crippen LogP contribution is -2.12. The number of amides is 1. The molecule has 0 aliphatic heterocycles. The van der Waals surface area contributed by atoms with Gasteiger partial charge in [-0.1, -0.05) is 19.1 Å². The summed E-state index contributed by atoms with van der Waals surface area (Å²) in [6.45, 7) is 4.99. The van der Waals surface area contributed by atoms with Crippen LogP contribution in [0.5, 0.6) is 5.75 Å². The fraction of sp³-hybridized carbons (Fsp3) is 0.217. The van der Waals surface area contributed by atoms with Gasteiger partial charge in [0.15, 0.2) is 5.82 Å². The van der Waals surface area contributed by atoms with E-state index in [1.807, 2.05) is 48.5 Å². The number of anilines is 1. The van der Waals surface area contributed by atoms with Crippen LogP contribution in [0.3, 0.4) is 0 Å². The summed E-state index contributed by atoms with van der Waals surface area (Å²) < 4.78 is 7.56. The smallest absolute Gasteiger partial charge is 0.256 e. The number of ether oxygens (including phenoxy) is 1. The van der Waals surface area contributed by atoms with Crippen molar-refractivity contribution in [2.45, 2.75) is 26.8 Å². The van der Waals surface area contributed by atoms with Crippen LogP contribution in [0.25, 0.3) is 22.3 Å². The highest BCUT2D eigenvalue weighted by atomic mass is 16.5. The van der Waals surface area contributed by atoms with Gasteiger partial charge in [0.25, 0.3) is 5.91 Å². The number of benzene rings is 2. The van der Waals surface area contributed by atoms with Crippen molar-refractivity contribution < 1.29 is 9.53 Å². The van der Waals surface area contributed by atoms with Gasteiger partial charge in [-0.3, -0.25) is 9.89 Å². The third kappa shape index (κ3) is 3.61. The molecule has 29 heavy (non-hydrogen) atoms. The van der Waals surface area contributed by atoms with Crippen LogP contribution in [0.15, 0.2) is 54.6 Å². The Balaban J connectivity index is 1.60. The van der Waals surface area contributed by atoms with Crippen LogP contribution in [0, 0.1) is 0 Å². The highest BCUT2D eigenvalue weighted by Gasteiger charge is 2.14. The molecule has 0 spiro atoms. The van der Waals surface area contributed by atoms with Crippen LogP contribution in [0.4, 0.5) is 5.82 Å². The van der Waals surface area contributed by atoms with Crippen molar-refractivity contribution >= 4 is 22.6 Å². The largest absolute Gasteiger partial charge is 0.497 e. The summed E-state index contributed by atoms with van der Waals surface area (Å²) in [4.78, 5) is 12.5. The van der Waals surface area contributed by atoms with Gasteiger partial charge in [0, 0.05) is 29.6 Å². The zero-order chi connectivity index (χ0) is 20.4. The Morgan fingerprint density at radius 1 is 1.10 bits per heavy atom. The molecule has 0 unspecified atom stereocenters. The first kappa shape index (κ1) is 18.8. The number of methoxy groups -OCH3 is 1. The predicted molar refractivity (Wildman–Crippen MR) is 116 cm³/mol. The maximum absolute atomic E-state index is 12.5. The number of carbonyl (C=O) groups excluding carboxylic acids is 1. The van der Waals surface area contributed by atoms with Crippen LogP contribution in [-0.4, -0.2) is 27.8 Å². The van der Waals surface area contributed by atoms with Gasteiger partial charge >= 0.3 is 0 Å². The Hall–Kier alpha value is -3.54. The molecule has 0 aliphatic rings. The van der Waals surface area contributed by atoms with Gasteiger partial charge in [-0.15, -0.1) is 0 Å². The first-order chi connectivity index (χ1) is 14.1. The molecule has 0 bridgehead atoms. The SMILES string of the molecule is CCc1ccc(C(=O)Nc2cc(-c3cc4ccc(OC)cc4n3CC)[nH]n2)cc1. The molecule has 0 fully saturated rings. The Bertz CT molecular complexity index is 1160. The van der Waals surface area contributed by atoms with Crippen molar-refractivity contribution in [2.24, 2.45) is 0 Å². The van der Waals surface area contributed by atoms with Crippen molar-refractivity contribution in [1.29, 1.82) is 0 Å². The topological polar surface area (TPSA) is 71.9 Å². The minimum Gasteiger partial charge on any atom is -0.497 e. The van der Waals surface area contributed by atoms with Crippen LogP contribution in [0.2, 0.25) is 0 Å². The standard InChI is InChI=1S/C23H24N4O2/c1-4-15-6-8-16(9-7-15)23(28)24-22-14-19(25-26-22)21-12-17-10-11-18(29-3)13-20(17)27(21)5-2/h6-14H,4-5H2,1-3H3,(H2,24,25,26,28). The number of nitrogens with one attached hydrogen (secondary N) is 2. The maximum atomic E-state index is 12.5. The first-order valence-corrected chi connectivity index (χ1v) is 9.76. The highest BCUT2D eigenvalue weighted by Crippen LogP contribution is 2.30. The van der Waals surface area contributed by atoms with Gasteiger partial charge in [-0.25, -0.2) is 0 Å². The zero-order valence-corrected chi connectivity index (χ0v) is 16.8. The molecular formula is C23H24N4O2. The molecule has 6 heteroatoms. The Labute approximate surface area is 169 Å². The second-order valence-corrected chi connectivity index (χ2v) is 6.87. The lowest BCUT2D eigenvalue weighted by atomic mass is 10.1. The normalized spacial score (nSPS) is 11.0. The number of hydrogen-bond donors (Lipinski definition) is 2. The molecule has 4 aromatic rings. The summed E-state index contributed by atoms with van der Waals surface area (Å²) in [6, 6.07) is 17.6. The van der Waals surface area contributed by atoms with Gasteiger partial charge in [0.2, 0.25) is 0 Å². The molecule has 4 rings (SSSR count). The number of H-pyrrole nitrogens is 1. The molecule has 2 N–H and O–H groups in total. The second kappa shape index (κ2) is 7.83. The number of aryl methyl sites for hydroxylation is 2. The van der Waals surface area contributed by atoms with Crippen molar-refractivity contribution in [3.05, 3.63) is 65.7 Å². The lowest BCUT2D eigenvalue weighted by Gasteiger charge is -2.07. The Morgan fingerprint density at radius 2 is 1.90 bits per heavy atom. The number of rotatable bonds is 6. The third-order valence-corrected chi connectivity index (χ3v) is 5.15. The fourth-order valence-electron chi connectivity index (χ4n) is 3.52. The van der Waals surface area contributed by atoms with Gasteiger partial charge in [0.1, 0.15) is 5.75 Å². The summed E-state index contributed by atoms with van der Waals surface area (Å²) in [7, 11) is 1.67. The molecule has 0 saturated heterocycles. The number of fused-ring (bicyclic) bond motifs is 1. The van der Waals surface area contributed by atoms with E-state index in [1.54, 1.807) is 7.11 Å². The van der Waals surface area contributed by atoms with E-state index in [4.69, 9.17) is 4.74 Å². The fourth-order valence-corrected chi connectivity index (χ4v) is 3.52. The van der Waals surface area contributed by atoms with Gasteiger partial charge in [0.05, 0.1) is 24.0 Å². The van der Waals surface area contributed by atoms with E-state index in [2.05, 4.69) is 40.0 Å². The molecule has 148 valence electrons. The highest BCUT2D eigenvalue weighted by molar-refractivity contribution is 6.04. The maximum Gasteiger partial charge on any atom is 0.256 e. The second-order valence-electron chi connectivity index (χ2n) is 6.87. The molecule has 2 heterocycles. The number of hydrogen-bond acceptors (Lipinski definition) is 3. The Morgan fingerprint density at radius 3 is 2.59 bits per heavy atom. The summed E-state index contributed by atoms with van der Waals surface area (Å²) in [5, 5.41) is 11.3. The van der Waals surface area contributed by atoms with E-state index in [0.29, 0.717) is 11.4 Å². The number of carbonyl (C=O) groups is 1. The van der Waals surface area contributed by atoms with E-state index in [0.717, 1.165) is 41.0 Å². The molecule has 2 aromatic carbocycles. The summed E-state index contributed by atoms with van der Waals surface area (Å²) in [5.74, 6) is 1.14. The zero-order valence-electron chi connectivity index (χ0n) is 16.8. The molecule has 0 radical (unpaired) electrons. The van der Waals surface area contributed by atoms with Crippen molar-refractivity contribution in [2.75, 3.05) is 12.4 Å². The molecule has 6 nitrogen and oxygen atoms in total. The van der Waals surface area contributed by atoms with Crippen molar-refractivity contribution in [3.63, 3.8) is 0 Å². The van der Waals surface area contributed by atoms with Crippen LogP contribution < -0.4 is 10.1 Å². The quantitative estimate of drug-likeness (QED) is 0.495. The average molecular weight is 388 g/mol. The van der Waals surface area contributed by atoms with Crippen LogP contribution in [-0.2, 0) is 13.0 Å². The van der Waals surface area contributed by atoms with Crippen LogP contribution >= 0.6 is 0 Å². The minimum atomic E-state index is -0.175. The van der Waals surface area contributed by atoms with Crippen LogP contribution in [0.1, 0.15) is 29.8 Å². The number of nitrogens with zero attached hydrogens (tertiary/aromatic N) is 2. The van der Waals surface area contributed by atoms with Gasteiger partial charge in [-0.2, -0.15) is 5.10 Å². The minimum absolute atomic E-state index is 0.175. The van der Waals surface area contributed by atoms with E-state index in [9.17, 15) is 4.79 Å². The van der Waals surface area contributed by atoms with Crippen molar-refractivity contribution in [1.82, 2.24) is 14.8 Å². The molecule has 2 aromatic heterocycles. The lowest BCUT2D eigenvalue weighted by molar-refractivity contribution is 0.102. The van der Waals surface area contributed by atoms with E-state index in [-0.39, 0.29) is 5.91 Å². The number of aromatic nitrogens is 3. The van der Waals surface area contributed by atoms with E-state index >= 15 is 0 Å². The summed E-state index contributed by atoms with van der Waals surface area (Å²) in [6.07, 6.45) is 0.946. The monoisotopic (exact) mass is 388 g/mol. The van der Waals surface area contributed by atoms with E-state index in [1.165, 1.54) is 5.56 Å². The van der Waals surface area contributed by atoms with E-state index < -0.39 is 0 Å². The summed E-state index contributed by atoms with van der Waals surface area (Å²) >= 11 is 0. The molecule has 0 aliphatic carbocycles. The average Bonchev–Trinajstić information content (AvgIpc) is 3.37. The molecule has 0 saturated carbocycles. The van der Waals surface area contributed by atoms with Gasteiger partial charge < -0.3 is 14.6 Å². The predicted octanol–water partition coefficient (Wildman–Crippen LogP) is 4.87. The first-order valence-electron chi connectivity index (χ1n) is 9.76. The summed E-state index contributed by atoms with van der Waals surface area (Å²) in [5.41, 5.74) is 4.77. The molecule has 0 atom stereocenters. The Kier molecular flexibility index (Phi) is 5.08. The van der Waals surface area contributed by atoms with Gasteiger partial charge in [-0.05, 0) is 49.2 Å². The molecule has 1 amide bonds. The number of aromatic amines is 1. The molecular weight excluding hydrogens is 364 g/mol. The third-order valence-electron chi connectivity index (χ3n) is 5.15.